The van der Waals surface area contributed by atoms with Crippen LogP contribution in [-0.2, 0) is 0 Å². The minimum atomic E-state index is 0.00215. The van der Waals surface area contributed by atoms with Crippen LogP contribution in [0.2, 0.25) is 0 Å². The van der Waals surface area contributed by atoms with Gasteiger partial charge in [-0.05, 0) is 59.9 Å². The Morgan fingerprint density at radius 1 is 1.30 bits per heavy atom. The number of hydrogen-bond donors (Lipinski definition) is 1. The van der Waals surface area contributed by atoms with Crippen LogP contribution >= 0.6 is 15.9 Å². The molecule has 110 valence electrons. The molecule has 2 rings (SSSR count). The summed E-state index contributed by atoms with van der Waals surface area (Å²) in [5.41, 5.74) is 0.705. The first-order valence-electron chi connectivity index (χ1n) is 7.36. The van der Waals surface area contributed by atoms with Crippen molar-refractivity contribution in [1.82, 2.24) is 10.2 Å². The second-order valence-electron chi connectivity index (χ2n) is 5.74. The fourth-order valence-electron chi connectivity index (χ4n) is 2.80. The molecule has 1 aromatic rings. The molecule has 1 aliphatic heterocycles. The molecular formula is C16H23BrN2O. The maximum atomic E-state index is 12.2. The van der Waals surface area contributed by atoms with Crippen LogP contribution in [0.25, 0.3) is 0 Å². The molecule has 1 amide bonds. The summed E-state index contributed by atoms with van der Waals surface area (Å²) in [5.74, 6) is 0.551. The van der Waals surface area contributed by atoms with Crippen molar-refractivity contribution in [2.45, 2.75) is 32.7 Å². The summed E-state index contributed by atoms with van der Waals surface area (Å²) in [6.45, 7) is 7.50. The van der Waals surface area contributed by atoms with Crippen LogP contribution in [-0.4, -0.2) is 36.5 Å². The molecule has 20 heavy (non-hydrogen) atoms. The zero-order valence-corrected chi connectivity index (χ0v) is 13.8. The topological polar surface area (TPSA) is 32.3 Å². The lowest BCUT2D eigenvalue weighted by Crippen LogP contribution is -2.45. The van der Waals surface area contributed by atoms with Gasteiger partial charge in [0.2, 0.25) is 0 Å². The van der Waals surface area contributed by atoms with Gasteiger partial charge in [0.1, 0.15) is 0 Å². The van der Waals surface area contributed by atoms with Crippen molar-refractivity contribution < 1.29 is 4.79 Å². The Bertz CT molecular complexity index is 456. The van der Waals surface area contributed by atoms with Crippen molar-refractivity contribution in [2.24, 2.45) is 5.92 Å². The number of hydrogen-bond acceptors (Lipinski definition) is 2. The molecule has 1 unspecified atom stereocenters. The standard InChI is InChI=1S/C16H23BrN2O/c1-12(2)15(19-9-5-6-10-19)11-18-16(20)13-7-3-4-8-14(13)17/h3-4,7-8,12,15H,5-6,9-11H2,1-2H3,(H,18,20). The van der Waals surface area contributed by atoms with E-state index < -0.39 is 0 Å². The number of carbonyl (C=O) groups is 1. The van der Waals surface area contributed by atoms with Gasteiger partial charge >= 0.3 is 0 Å². The lowest BCUT2D eigenvalue weighted by atomic mass is 10.0. The van der Waals surface area contributed by atoms with Crippen molar-refractivity contribution in [3.8, 4) is 0 Å². The SMILES string of the molecule is CC(C)C(CNC(=O)c1ccccc1Br)N1CCCC1. The second-order valence-corrected chi connectivity index (χ2v) is 6.60. The predicted molar refractivity (Wildman–Crippen MR) is 85.9 cm³/mol. The molecule has 0 aromatic heterocycles. The number of nitrogens with zero attached hydrogens (tertiary/aromatic N) is 1. The third kappa shape index (κ3) is 3.83. The minimum absolute atomic E-state index is 0.00215. The molecule has 3 nitrogen and oxygen atoms in total. The van der Waals surface area contributed by atoms with Crippen LogP contribution in [0.1, 0.15) is 37.0 Å². The van der Waals surface area contributed by atoms with E-state index in [0.29, 0.717) is 17.5 Å². The van der Waals surface area contributed by atoms with E-state index in [0.717, 1.165) is 24.1 Å². The highest BCUT2D eigenvalue weighted by Gasteiger charge is 2.25. The van der Waals surface area contributed by atoms with Crippen molar-refractivity contribution in [3.63, 3.8) is 0 Å². The molecule has 1 heterocycles. The smallest absolute Gasteiger partial charge is 0.252 e. The molecule has 0 aliphatic carbocycles. The third-order valence-electron chi connectivity index (χ3n) is 3.97. The van der Waals surface area contributed by atoms with Gasteiger partial charge in [0.05, 0.1) is 5.56 Å². The quantitative estimate of drug-likeness (QED) is 0.893. The van der Waals surface area contributed by atoms with Crippen LogP contribution < -0.4 is 5.32 Å². The molecule has 1 atom stereocenters. The molecule has 0 bridgehead atoms. The monoisotopic (exact) mass is 338 g/mol. The first-order valence-corrected chi connectivity index (χ1v) is 8.15. The first-order chi connectivity index (χ1) is 9.59. The van der Waals surface area contributed by atoms with E-state index in [1.807, 2.05) is 24.3 Å². The molecule has 1 aliphatic rings. The molecule has 4 heteroatoms. The Hall–Kier alpha value is -0.870. The Morgan fingerprint density at radius 3 is 2.55 bits per heavy atom. The molecule has 0 spiro atoms. The van der Waals surface area contributed by atoms with Crippen molar-refractivity contribution in [3.05, 3.63) is 34.3 Å². The van der Waals surface area contributed by atoms with E-state index in [9.17, 15) is 4.79 Å². The molecule has 1 aromatic carbocycles. The fraction of sp³-hybridized carbons (Fsp3) is 0.562. The number of carbonyl (C=O) groups excluding carboxylic acids is 1. The summed E-state index contributed by atoms with van der Waals surface area (Å²) in [4.78, 5) is 14.8. The summed E-state index contributed by atoms with van der Waals surface area (Å²) in [5, 5.41) is 3.09. The van der Waals surface area contributed by atoms with E-state index in [1.54, 1.807) is 0 Å². The first kappa shape index (κ1) is 15.5. The minimum Gasteiger partial charge on any atom is -0.350 e. The summed E-state index contributed by atoms with van der Waals surface area (Å²) in [6, 6.07) is 7.99. The van der Waals surface area contributed by atoms with E-state index in [2.05, 4.69) is 40.0 Å². The van der Waals surface area contributed by atoms with Gasteiger partial charge in [0.25, 0.3) is 5.91 Å². The zero-order chi connectivity index (χ0) is 14.5. The summed E-state index contributed by atoms with van der Waals surface area (Å²) >= 11 is 3.43. The zero-order valence-electron chi connectivity index (χ0n) is 12.2. The summed E-state index contributed by atoms with van der Waals surface area (Å²) in [6.07, 6.45) is 2.56. The van der Waals surface area contributed by atoms with Crippen LogP contribution in [0.15, 0.2) is 28.7 Å². The fourth-order valence-corrected chi connectivity index (χ4v) is 3.26. The van der Waals surface area contributed by atoms with E-state index >= 15 is 0 Å². The van der Waals surface area contributed by atoms with E-state index in [-0.39, 0.29) is 5.91 Å². The average Bonchev–Trinajstić information content (AvgIpc) is 2.92. The average molecular weight is 339 g/mol. The van der Waals surface area contributed by atoms with E-state index in [4.69, 9.17) is 0 Å². The second kappa shape index (κ2) is 7.23. The van der Waals surface area contributed by atoms with Gasteiger partial charge in [-0.1, -0.05) is 26.0 Å². The Balaban J connectivity index is 1.95. The van der Waals surface area contributed by atoms with Crippen LogP contribution in [0.5, 0.6) is 0 Å². The highest BCUT2D eigenvalue weighted by atomic mass is 79.9. The van der Waals surface area contributed by atoms with Crippen molar-refractivity contribution >= 4 is 21.8 Å². The molecular weight excluding hydrogens is 316 g/mol. The highest BCUT2D eigenvalue weighted by molar-refractivity contribution is 9.10. The van der Waals surface area contributed by atoms with Gasteiger partial charge in [-0.25, -0.2) is 0 Å². The van der Waals surface area contributed by atoms with Gasteiger partial charge in [0.15, 0.2) is 0 Å². The predicted octanol–water partition coefficient (Wildman–Crippen LogP) is 3.30. The summed E-state index contributed by atoms with van der Waals surface area (Å²) < 4.78 is 0.847. The van der Waals surface area contributed by atoms with Crippen molar-refractivity contribution in [1.29, 1.82) is 0 Å². The van der Waals surface area contributed by atoms with E-state index in [1.165, 1.54) is 12.8 Å². The Labute approximate surface area is 129 Å². The maximum absolute atomic E-state index is 12.2. The van der Waals surface area contributed by atoms with Gasteiger partial charge in [-0.3, -0.25) is 9.69 Å². The van der Waals surface area contributed by atoms with Gasteiger partial charge in [-0.2, -0.15) is 0 Å². The highest BCUT2D eigenvalue weighted by Crippen LogP contribution is 2.18. The molecule has 0 radical (unpaired) electrons. The molecule has 0 saturated carbocycles. The molecule has 1 saturated heterocycles. The number of nitrogens with one attached hydrogen (secondary N) is 1. The summed E-state index contributed by atoms with van der Waals surface area (Å²) in [7, 11) is 0. The molecule has 1 fully saturated rings. The number of halogens is 1. The van der Waals surface area contributed by atoms with Crippen molar-refractivity contribution in [2.75, 3.05) is 19.6 Å². The lowest BCUT2D eigenvalue weighted by molar-refractivity contribution is 0.0926. The molecule has 1 N–H and O–H groups in total. The lowest BCUT2D eigenvalue weighted by Gasteiger charge is -2.31. The number of benzene rings is 1. The van der Waals surface area contributed by atoms with Gasteiger partial charge in [0, 0.05) is 17.1 Å². The largest absolute Gasteiger partial charge is 0.350 e. The van der Waals surface area contributed by atoms with Gasteiger partial charge in [-0.15, -0.1) is 0 Å². The Kier molecular flexibility index (Phi) is 5.61. The Morgan fingerprint density at radius 2 is 1.95 bits per heavy atom. The van der Waals surface area contributed by atoms with Crippen LogP contribution in [0.4, 0.5) is 0 Å². The normalized spacial score (nSPS) is 17.4. The maximum Gasteiger partial charge on any atom is 0.252 e. The third-order valence-corrected chi connectivity index (χ3v) is 4.66. The number of amides is 1. The van der Waals surface area contributed by atoms with Crippen LogP contribution in [0.3, 0.4) is 0 Å². The van der Waals surface area contributed by atoms with Gasteiger partial charge < -0.3 is 5.32 Å². The number of likely N-dealkylation sites (tertiary alicyclic amines) is 1. The van der Waals surface area contributed by atoms with Crippen LogP contribution in [0, 0.1) is 5.92 Å². The number of rotatable bonds is 5.